The molecule has 0 amide bonds. The molecule has 0 heterocycles. The predicted octanol–water partition coefficient (Wildman–Crippen LogP) is 10.5. The van der Waals surface area contributed by atoms with Gasteiger partial charge in [-0.1, -0.05) is 178 Å². The summed E-state index contributed by atoms with van der Waals surface area (Å²) in [6.45, 7) is 4.29. The molecule has 3 aliphatic carbocycles. The molecule has 5 atom stereocenters. The molecule has 2 N–H and O–H groups in total. The molecule has 242 valence electrons. The van der Waals surface area contributed by atoms with E-state index < -0.39 is 11.2 Å². The van der Waals surface area contributed by atoms with Gasteiger partial charge in [-0.3, -0.25) is 0 Å². The van der Waals surface area contributed by atoms with E-state index in [4.69, 9.17) is 0 Å². The van der Waals surface area contributed by atoms with E-state index in [9.17, 15) is 10.2 Å². The normalized spacial score (nSPS) is 24.7. The number of hydrogen-bond acceptors (Lipinski definition) is 2. The molecule has 49 heavy (non-hydrogen) atoms. The van der Waals surface area contributed by atoms with Crippen molar-refractivity contribution in [3.63, 3.8) is 0 Å². The molecule has 5 aromatic carbocycles. The van der Waals surface area contributed by atoms with E-state index in [0.29, 0.717) is 6.42 Å². The Morgan fingerprint density at radius 1 is 0.673 bits per heavy atom. The van der Waals surface area contributed by atoms with Crippen LogP contribution in [0.2, 0.25) is 0 Å². The zero-order valence-electron chi connectivity index (χ0n) is 28.1. The van der Waals surface area contributed by atoms with Crippen molar-refractivity contribution in [1.82, 2.24) is 0 Å². The van der Waals surface area contributed by atoms with Gasteiger partial charge in [-0.15, -0.1) is 0 Å². The number of rotatable bonds is 7. The second-order valence-corrected chi connectivity index (χ2v) is 14.0. The zero-order chi connectivity index (χ0) is 33.6. The molecule has 0 spiro atoms. The van der Waals surface area contributed by atoms with Gasteiger partial charge in [-0.25, -0.2) is 0 Å². The molecular formula is C47H42O2. The van der Waals surface area contributed by atoms with Crippen LogP contribution in [-0.4, -0.2) is 10.2 Å². The Kier molecular flexibility index (Phi) is 7.75. The van der Waals surface area contributed by atoms with E-state index in [1.165, 1.54) is 11.1 Å². The lowest BCUT2D eigenvalue weighted by Crippen LogP contribution is -2.39. The topological polar surface area (TPSA) is 40.5 Å². The lowest BCUT2D eigenvalue weighted by Gasteiger charge is -2.37. The molecule has 0 radical (unpaired) electrons. The molecule has 4 unspecified atom stereocenters. The Morgan fingerprint density at radius 3 is 2.02 bits per heavy atom. The average Bonchev–Trinajstić information content (AvgIpc) is 3.39. The van der Waals surface area contributed by atoms with Crippen LogP contribution in [0.1, 0.15) is 66.0 Å². The summed E-state index contributed by atoms with van der Waals surface area (Å²) in [5.41, 5.74) is 8.12. The highest BCUT2D eigenvalue weighted by atomic mass is 16.3. The Balaban J connectivity index is 1.08. The standard InChI is InChI=1S/C47H42O2/c1-3-46(48,41-19-8-7-18-40(41)35-14-5-4-6-15-35)38-27-23-33(24-28-38)36-16-13-17-37(32-36)34-25-29-39(30-26-34)47(49)43-21-10-9-20-42(43)45(2)31-12-11-22-44(45)47/h4-14,16-32,35,44,48-49H,3,15H2,1-2H3/t35-,44?,45?,46?,47?/m0/s1. The Morgan fingerprint density at radius 2 is 1.33 bits per heavy atom. The van der Waals surface area contributed by atoms with E-state index >= 15 is 0 Å². The molecule has 2 heteroatoms. The van der Waals surface area contributed by atoms with Crippen LogP contribution in [0.3, 0.4) is 0 Å². The molecule has 0 aliphatic heterocycles. The molecule has 0 aromatic heterocycles. The fourth-order valence-corrected chi connectivity index (χ4v) is 8.64. The molecule has 3 aliphatic rings. The Labute approximate surface area is 290 Å². The first-order chi connectivity index (χ1) is 23.9. The minimum absolute atomic E-state index is 0.0837. The monoisotopic (exact) mass is 638 g/mol. The lowest BCUT2D eigenvalue weighted by atomic mass is 9.69. The minimum Gasteiger partial charge on any atom is -0.380 e. The average molecular weight is 639 g/mol. The van der Waals surface area contributed by atoms with Crippen molar-refractivity contribution in [2.75, 3.05) is 0 Å². The van der Waals surface area contributed by atoms with E-state index in [2.05, 4.69) is 172 Å². The summed E-state index contributed by atoms with van der Waals surface area (Å²) in [5, 5.41) is 24.7. The fraction of sp³-hybridized carbons (Fsp3) is 0.191. The highest BCUT2D eigenvalue weighted by molar-refractivity contribution is 5.74. The molecular weight excluding hydrogens is 597 g/mol. The predicted molar refractivity (Wildman–Crippen MR) is 201 cm³/mol. The summed E-state index contributed by atoms with van der Waals surface area (Å²) in [6.07, 6.45) is 18.7. The summed E-state index contributed by atoms with van der Waals surface area (Å²) < 4.78 is 0. The molecule has 0 bridgehead atoms. The lowest BCUT2D eigenvalue weighted by molar-refractivity contribution is 0.0324. The van der Waals surface area contributed by atoms with Gasteiger partial charge < -0.3 is 10.2 Å². The van der Waals surface area contributed by atoms with Gasteiger partial charge >= 0.3 is 0 Å². The third kappa shape index (κ3) is 5.01. The maximum atomic E-state index is 12.5. The highest BCUT2D eigenvalue weighted by Crippen LogP contribution is 2.58. The Hall–Kier alpha value is -5.02. The van der Waals surface area contributed by atoms with Crippen molar-refractivity contribution >= 4 is 0 Å². The first kappa shape index (κ1) is 31.3. The van der Waals surface area contributed by atoms with Gasteiger partial charge in [-0.2, -0.15) is 0 Å². The van der Waals surface area contributed by atoms with Gasteiger partial charge in [0.25, 0.3) is 0 Å². The first-order valence-corrected chi connectivity index (χ1v) is 17.5. The van der Waals surface area contributed by atoms with Crippen LogP contribution in [0.25, 0.3) is 22.3 Å². The zero-order valence-corrected chi connectivity index (χ0v) is 28.1. The largest absolute Gasteiger partial charge is 0.380 e. The summed E-state index contributed by atoms with van der Waals surface area (Å²) in [5.74, 6) is 0.174. The van der Waals surface area contributed by atoms with Crippen molar-refractivity contribution in [3.8, 4) is 22.3 Å². The maximum absolute atomic E-state index is 12.5. The molecule has 8 rings (SSSR count). The molecule has 5 aromatic rings. The summed E-state index contributed by atoms with van der Waals surface area (Å²) >= 11 is 0. The Bertz CT molecular complexity index is 2130. The van der Waals surface area contributed by atoms with Crippen LogP contribution in [0.4, 0.5) is 0 Å². The quantitative estimate of drug-likeness (QED) is 0.186. The van der Waals surface area contributed by atoms with Crippen LogP contribution < -0.4 is 0 Å². The van der Waals surface area contributed by atoms with Gasteiger partial charge in [0.05, 0.1) is 0 Å². The van der Waals surface area contributed by atoms with Crippen molar-refractivity contribution in [3.05, 3.63) is 203 Å². The molecule has 0 fully saturated rings. The first-order valence-electron chi connectivity index (χ1n) is 17.5. The maximum Gasteiger partial charge on any atom is 0.122 e. The highest BCUT2D eigenvalue weighted by Gasteiger charge is 2.56. The van der Waals surface area contributed by atoms with Crippen LogP contribution >= 0.6 is 0 Å². The van der Waals surface area contributed by atoms with Crippen molar-refractivity contribution in [1.29, 1.82) is 0 Å². The molecule has 2 nitrogen and oxygen atoms in total. The van der Waals surface area contributed by atoms with Crippen LogP contribution in [0.5, 0.6) is 0 Å². The van der Waals surface area contributed by atoms with Crippen LogP contribution in [0.15, 0.2) is 170 Å². The summed E-state index contributed by atoms with van der Waals surface area (Å²) in [6, 6.07) is 42.1. The van der Waals surface area contributed by atoms with Crippen LogP contribution in [-0.2, 0) is 16.6 Å². The number of aliphatic hydroxyl groups is 2. The van der Waals surface area contributed by atoms with E-state index in [-0.39, 0.29) is 17.3 Å². The van der Waals surface area contributed by atoms with E-state index in [1.807, 2.05) is 12.1 Å². The van der Waals surface area contributed by atoms with Gasteiger partial charge in [0, 0.05) is 17.3 Å². The number of benzene rings is 5. The second-order valence-electron chi connectivity index (χ2n) is 14.0. The minimum atomic E-state index is -1.11. The molecule has 0 saturated heterocycles. The van der Waals surface area contributed by atoms with Crippen molar-refractivity contribution in [2.45, 2.75) is 49.2 Å². The van der Waals surface area contributed by atoms with Crippen molar-refractivity contribution < 1.29 is 10.2 Å². The summed E-state index contributed by atoms with van der Waals surface area (Å²) in [4.78, 5) is 0. The second kappa shape index (κ2) is 12.1. The number of fused-ring (bicyclic) bond motifs is 3. The summed E-state index contributed by atoms with van der Waals surface area (Å²) in [7, 11) is 0. The van der Waals surface area contributed by atoms with Gasteiger partial charge in [0.2, 0.25) is 0 Å². The fourth-order valence-electron chi connectivity index (χ4n) is 8.64. The van der Waals surface area contributed by atoms with Gasteiger partial charge in [0.1, 0.15) is 11.2 Å². The number of hydrogen-bond donors (Lipinski definition) is 2. The molecule has 0 saturated carbocycles. The smallest absolute Gasteiger partial charge is 0.122 e. The van der Waals surface area contributed by atoms with Crippen molar-refractivity contribution in [2.24, 2.45) is 5.92 Å². The third-order valence-corrected chi connectivity index (χ3v) is 11.4. The van der Waals surface area contributed by atoms with Gasteiger partial charge in [-0.05, 0) is 74.5 Å². The van der Waals surface area contributed by atoms with E-state index in [1.54, 1.807) is 0 Å². The third-order valence-electron chi connectivity index (χ3n) is 11.4. The SMILES string of the molecule is CCC(O)(c1ccc(-c2cccc(-c3ccc(C4(O)c5ccccc5C5(C)C=CC=CC54)cc3)c2)cc1)c1ccccc1[C@H]1C=CC=CC1. The van der Waals surface area contributed by atoms with Gasteiger partial charge in [0.15, 0.2) is 0 Å². The van der Waals surface area contributed by atoms with E-state index in [0.717, 1.165) is 50.9 Å². The number of allylic oxidation sites excluding steroid dienone is 7. The van der Waals surface area contributed by atoms with Crippen LogP contribution in [0, 0.1) is 5.92 Å².